The van der Waals surface area contributed by atoms with E-state index in [-0.39, 0.29) is 0 Å². The van der Waals surface area contributed by atoms with Crippen molar-refractivity contribution in [2.75, 3.05) is 20.3 Å². The highest BCUT2D eigenvalue weighted by Gasteiger charge is 2.28. The van der Waals surface area contributed by atoms with E-state index < -0.39 is 11.5 Å². The van der Waals surface area contributed by atoms with Gasteiger partial charge in [0, 0.05) is 13.2 Å². The van der Waals surface area contributed by atoms with Crippen molar-refractivity contribution < 1.29 is 14.3 Å². The molecular formula is C12H25NO3. The van der Waals surface area contributed by atoms with Crippen molar-refractivity contribution in [3.63, 3.8) is 0 Å². The molecule has 0 aliphatic carbocycles. The minimum atomic E-state index is -0.938. The number of hydrogen-bond acceptors (Lipinski definition) is 4. The van der Waals surface area contributed by atoms with E-state index in [1.807, 2.05) is 0 Å². The van der Waals surface area contributed by atoms with Crippen LogP contribution in [0.4, 0.5) is 0 Å². The van der Waals surface area contributed by atoms with Crippen LogP contribution in [-0.4, -0.2) is 31.8 Å². The van der Waals surface area contributed by atoms with Gasteiger partial charge < -0.3 is 15.2 Å². The zero-order valence-corrected chi connectivity index (χ0v) is 10.9. The molecule has 4 nitrogen and oxygen atoms in total. The van der Waals surface area contributed by atoms with Crippen molar-refractivity contribution in [1.82, 2.24) is 0 Å². The Kier molecular flexibility index (Phi) is 7.34. The minimum absolute atomic E-state index is 0.390. The SMILES string of the molecule is COC(=O)C(C)(N)CCOCCCC(C)C. The maximum Gasteiger partial charge on any atom is 0.325 e. The standard InChI is InChI=1S/C12H25NO3/c1-10(2)6-5-8-16-9-7-12(3,13)11(14)15-4/h10H,5-9,13H2,1-4H3. The van der Waals surface area contributed by atoms with Crippen molar-refractivity contribution in [3.05, 3.63) is 0 Å². The summed E-state index contributed by atoms with van der Waals surface area (Å²) >= 11 is 0. The second-order valence-electron chi connectivity index (χ2n) is 4.81. The monoisotopic (exact) mass is 231 g/mol. The molecule has 0 aromatic carbocycles. The van der Waals surface area contributed by atoms with Crippen molar-refractivity contribution in [2.45, 2.75) is 45.6 Å². The summed E-state index contributed by atoms with van der Waals surface area (Å²) in [5.41, 5.74) is 4.84. The van der Waals surface area contributed by atoms with Crippen LogP contribution in [0, 0.1) is 5.92 Å². The third-order valence-corrected chi connectivity index (χ3v) is 2.49. The van der Waals surface area contributed by atoms with E-state index in [1.165, 1.54) is 7.11 Å². The van der Waals surface area contributed by atoms with Gasteiger partial charge in [0.1, 0.15) is 5.54 Å². The van der Waals surface area contributed by atoms with Crippen LogP contribution in [0.3, 0.4) is 0 Å². The van der Waals surface area contributed by atoms with E-state index in [2.05, 4.69) is 18.6 Å². The van der Waals surface area contributed by atoms with Gasteiger partial charge in [0.05, 0.1) is 7.11 Å². The first-order valence-corrected chi connectivity index (χ1v) is 5.85. The van der Waals surface area contributed by atoms with Crippen LogP contribution < -0.4 is 5.73 Å². The largest absolute Gasteiger partial charge is 0.468 e. The summed E-state index contributed by atoms with van der Waals surface area (Å²) in [6, 6.07) is 0. The Hall–Kier alpha value is -0.610. The first-order chi connectivity index (χ1) is 7.40. The van der Waals surface area contributed by atoms with E-state index >= 15 is 0 Å². The van der Waals surface area contributed by atoms with Gasteiger partial charge in [0.2, 0.25) is 0 Å². The molecule has 0 heterocycles. The number of methoxy groups -OCH3 is 1. The summed E-state index contributed by atoms with van der Waals surface area (Å²) in [7, 11) is 1.34. The van der Waals surface area contributed by atoms with E-state index in [1.54, 1.807) is 6.92 Å². The molecule has 0 aromatic rings. The summed E-state index contributed by atoms with van der Waals surface area (Å²) in [5, 5.41) is 0. The summed E-state index contributed by atoms with van der Waals surface area (Å²) in [5.74, 6) is 0.316. The summed E-state index contributed by atoms with van der Waals surface area (Å²) in [6.07, 6.45) is 2.70. The Balaban J connectivity index is 3.54. The molecule has 0 spiro atoms. The first-order valence-electron chi connectivity index (χ1n) is 5.85. The van der Waals surface area contributed by atoms with Gasteiger partial charge in [-0.1, -0.05) is 13.8 Å². The Bertz CT molecular complexity index is 202. The quantitative estimate of drug-likeness (QED) is 0.510. The van der Waals surface area contributed by atoms with E-state index in [0.717, 1.165) is 19.4 Å². The molecule has 0 aromatic heterocycles. The topological polar surface area (TPSA) is 61.5 Å². The van der Waals surface area contributed by atoms with E-state index in [9.17, 15) is 4.79 Å². The predicted octanol–water partition coefficient (Wildman–Crippen LogP) is 1.72. The highest BCUT2D eigenvalue weighted by molar-refractivity contribution is 5.79. The van der Waals surface area contributed by atoms with Gasteiger partial charge in [-0.15, -0.1) is 0 Å². The molecule has 2 N–H and O–H groups in total. The molecular weight excluding hydrogens is 206 g/mol. The molecule has 1 unspecified atom stereocenters. The maximum atomic E-state index is 11.2. The number of carbonyl (C=O) groups excluding carboxylic acids is 1. The number of nitrogens with two attached hydrogens (primary N) is 1. The van der Waals surface area contributed by atoms with Gasteiger partial charge in [-0.3, -0.25) is 4.79 Å². The third-order valence-electron chi connectivity index (χ3n) is 2.49. The highest BCUT2D eigenvalue weighted by Crippen LogP contribution is 2.08. The van der Waals surface area contributed by atoms with Crippen molar-refractivity contribution in [1.29, 1.82) is 0 Å². The predicted molar refractivity (Wildman–Crippen MR) is 64.1 cm³/mol. The first kappa shape index (κ1) is 15.4. The van der Waals surface area contributed by atoms with E-state index in [0.29, 0.717) is 18.9 Å². The summed E-state index contributed by atoms with van der Waals surface area (Å²) in [6.45, 7) is 7.27. The van der Waals surface area contributed by atoms with Crippen LogP contribution in [-0.2, 0) is 14.3 Å². The molecule has 0 rings (SSSR count). The van der Waals surface area contributed by atoms with Crippen molar-refractivity contribution in [3.8, 4) is 0 Å². The molecule has 4 heteroatoms. The second-order valence-corrected chi connectivity index (χ2v) is 4.81. The summed E-state index contributed by atoms with van der Waals surface area (Å²) < 4.78 is 10.0. The van der Waals surface area contributed by atoms with Crippen LogP contribution >= 0.6 is 0 Å². The lowest BCUT2D eigenvalue weighted by Crippen LogP contribution is -2.46. The number of rotatable bonds is 8. The van der Waals surface area contributed by atoms with Crippen LogP contribution in [0.15, 0.2) is 0 Å². The molecule has 0 amide bonds. The van der Waals surface area contributed by atoms with Gasteiger partial charge in [-0.2, -0.15) is 0 Å². The number of hydrogen-bond donors (Lipinski definition) is 1. The van der Waals surface area contributed by atoms with Crippen LogP contribution in [0.2, 0.25) is 0 Å². The average Bonchev–Trinajstić information content (AvgIpc) is 2.21. The Morgan fingerprint density at radius 3 is 2.50 bits per heavy atom. The molecule has 0 saturated heterocycles. The number of carbonyl (C=O) groups is 1. The highest BCUT2D eigenvalue weighted by atomic mass is 16.5. The van der Waals surface area contributed by atoms with E-state index in [4.69, 9.17) is 10.5 Å². The van der Waals surface area contributed by atoms with Crippen LogP contribution in [0.5, 0.6) is 0 Å². The minimum Gasteiger partial charge on any atom is -0.468 e. The zero-order valence-electron chi connectivity index (χ0n) is 10.9. The lowest BCUT2D eigenvalue weighted by atomic mass is 10.0. The normalized spacial score (nSPS) is 14.9. The van der Waals surface area contributed by atoms with Crippen molar-refractivity contribution >= 4 is 5.97 Å². The zero-order chi connectivity index (χ0) is 12.6. The number of ether oxygens (including phenoxy) is 2. The van der Waals surface area contributed by atoms with Gasteiger partial charge in [-0.25, -0.2) is 0 Å². The molecule has 0 saturated carbocycles. The van der Waals surface area contributed by atoms with Gasteiger partial charge in [0.25, 0.3) is 0 Å². The number of esters is 1. The summed E-state index contributed by atoms with van der Waals surface area (Å²) in [4.78, 5) is 11.2. The average molecular weight is 231 g/mol. The fourth-order valence-corrected chi connectivity index (χ4v) is 1.32. The lowest BCUT2D eigenvalue weighted by Gasteiger charge is -2.21. The molecule has 0 radical (unpaired) electrons. The Morgan fingerprint density at radius 1 is 1.38 bits per heavy atom. The molecule has 0 aliphatic rings. The van der Waals surface area contributed by atoms with Gasteiger partial charge >= 0.3 is 5.97 Å². The van der Waals surface area contributed by atoms with Crippen LogP contribution in [0.25, 0.3) is 0 Å². The second kappa shape index (κ2) is 7.63. The van der Waals surface area contributed by atoms with Gasteiger partial charge in [0.15, 0.2) is 0 Å². The molecule has 0 fully saturated rings. The van der Waals surface area contributed by atoms with Gasteiger partial charge in [-0.05, 0) is 32.1 Å². The fraction of sp³-hybridized carbons (Fsp3) is 0.917. The Morgan fingerprint density at radius 2 is 2.00 bits per heavy atom. The third kappa shape index (κ3) is 6.80. The van der Waals surface area contributed by atoms with Crippen LogP contribution in [0.1, 0.15) is 40.0 Å². The molecule has 96 valence electrons. The Labute approximate surface area is 98.5 Å². The van der Waals surface area contributed by atoms with Crippen molar-refractivity contribution in [2.24, 2.45) is 11.7 Å². The molecule has 1 atom stereocenters. The fourth-order valence-electron chi connectivity index (χ4n) is 1.32. The maximum absolute atomic E-state index is 11.2. The molecule has 16 heavy (non-hydrogen) atoms. The molecule has 0 bridgehead atoms. The smallest absolute Gasteiger partial charge is 0.325 e. The molecule has 0 aliphatic heterocycles. The lowest BCUT2D eigenvalue weighted by molar-refractivity contribution is -0.147.